The molecule has 0 unspecified atom stereocenters. The van der Waals surface area contributed by atoms with Crippen molar-refractivity contribution < 1.29 is 4.79 Å². The van der Waals surface area contributed by atoms with E-state index in [0.29, 0.717) is 16.6 Å². The Balaban J connectivity index is 1.63. The molecule has 1 aromatic rings. The molecule has 2 heterocycles. The van der Waals surface area contributed by atoms with E-state index in [1.807, 2.05) is 11.0 Å². The van der Waals surface area contributed by atoms with Gasteiger partial charge in [0.25, 0.3) is 5.91 Å². The zero-order valence-electron chi connectivity index (χ0n) is 11.1. The highest BCUT2D eigenvalue weighted by Crippen LogP contribution is 2.23. The summed E-state index contributed by atoms with van der Waals surface area (Å²) in [6, 6.07) is 6.07. The summed E-state index contributed by atoms with van der Waals surface area (Å²) in [6.07, 6.45) is 0. The molecule has 1 N–H and O–H groups in total. The van der Waals surface area contributed by atoms with Gasteiger partial charge in [-0.15, -0.1) is 0 Å². The number of nitrogens with zero attached hydrogens (tertiary/aromatic N) is 2. The van der Waals surface area contributed by atoms with E-state index in [1.54, 1.807) is 12.1 Å². The van der Waals surface area contributed by atoms with Crippen LogP contribution in [0.4, 0.5) is 0 Å². The van der Waals surface area contributed by atoms with Crippen LogP contribution in [0.3, 0.4) is 0 Å². The maximum atomic E-state index is 12.5. The number of nitrogens with one attached hydrogen (secondary N) is 1. The van der Waals surface area contributed by atoms with Gasteiger partial charge in [0, 0.05) is 49.8 Å². The van der Waals surface area contributed by atoms with Crippen LogP contribution >= 0.6 is 27.5 Å². The van der Waals surface area contributed by atoms with Gasteiger partial charge in [-0.25, -0.2) is 0 Å². The molecular weight excluding hydrogens is 342 g/mol. The molecule has 108 valence electrons. The number of hydrogen-bond acceptors (Lipinski definition) is 3. The lowest BCUT2D eigenvalue weighted by atomic mass is 10.1. The second-order valence-electron chi connectivity index (χ2n) is 5.26. The third-order valence-electron chi connectivity index (χ3n) is 4.04. The molecule has 0 aliphatic carbocycles. The SMILES string of the molecule is O=C(c1ccc(Br)cc1Cl)N1CCN(C2CNC2)CC1. The van der Waals surface area contributed by atoms with Gasteiger partial charge < -0.3 is 10.2 Å². The topological polar surface area (TPSA) is 35.6 Å². The molecule has 2 saturated heterocycles. The molecule has 2 fully saturated rings. The van der Waals surface area contributed by atoms with Crippen LogP contribution in [0.15, 0.2) is 22.7 Å². The van der Waals surface area contributed by atoms with Gasteiger partial charge in [0.05, 0.1) is 10.6 Å². The molecular formula is C14H17BrClN3O. The van der Waals surface area contributed by atoms with Crippen LogP contribution in [-0.2, 0) is 0 Å². The molecule has 0 bridgehead atoms. The predicted molar refractivity (Wildman–Crippen MR) is 83.3 cm³/mol. The molecule has 1 aromatic carbocycles. The highest BCUT2D eigenvalue weighted by molar-refractivity contribution is 9.10. The van der Waals surface area contributed by atoms with Crippen LogP contribution in [0.1, 0.15) is 10.4 Å². The Hall–Kier alpha value is -0.620. The third-order valence-corrected chi connectivity index (χ3v) is 4.85. The van der Waals surface area contributed by atoms with E-state index in [-0.39, 0.29) is 5.91 Å². The van der Waals surface area contributed by atoms with E-state index in [4.69, 9.17) is 11.6 Å². The molecule has 3 rings (SSSR count). The average Bonchev–Trinajstić information content (AvgIpc) is 2.37. The van der Waals surface area contributed by atoms with Crippen molar-refractivity contribution in [3.63, 3.8) is 0 Å². The maximum absolute atomic E-state index is 12.5. The van der Waals surface area contributed by atoms with E-state index < -0.39 is 0 Å². The van der Waals surface area contributed by atoms with E-state index in [1.165, 1.54) is 0 Å². The predicted octanol–water partition coefficient (Wildman–Crippen LogP) is 1.83. The summed E-state index contributed by atoms with van der Waals surface area (Å²) in [7, 11) is 0. The minimum Gasteiger partial charge on any atom is -0.336 e. The first kappa shape index (κ1) is 14.3. The molecule has 0 spiro atoms. The fourth-order valence-corrected chi connectivity index (χ4v) is 3.41. The standard InChI is InChI=1S/C14H17BrClN3O/c15-10-1-2-12(13(16)7-10)14(20)19-5-3-18(4-6-19)11-8-17-9-11/h1-2,7,11,17H,3-6,8-9H2. The molecule has 2 aliphatic heterocycles. The monoisotopic (exact) mass is 357 g/mol. The van der Waals surface area contributed by atoms with E-state index in [2.05, 4.69) is 26.1 Å². The molecule has 20 heavy (non-hydrogen) atoms. The van der Waals surface area contributed by atoms with E-state index in [0.717, 1.165) is 43.7 Å². The van der Waals surface area contributed by atoms with E-state index in [9.17, 15) is 4.79 Å². The van der Waals surface area contributed by atoms with Crippen LogP contribution in [0.5, 0.6) is 0 Å². The zero-order chi connectivity index (χ0) is 14.1. The number of carbonyl (C=O) groups excluding carboxylic acids is 1. The van der Waals surface area contributed by atoms with Crippen molar-refractivity contribution >= 4 is 33.4 Å². The lowest BCUT2D eigenvalue weighted by Gasteiger charge is -2.43. The molecule has 0 atom stereocenters. The first-order chi connectivity index (χ1) is 9.65. The maximum Gasteiger partial charge on any atom is 0.255 e. The molecule has 2 aliphatic rings. The number of rotatable bonds is 2. The zero-order valence-corrected chi connectivity index (χ0v) is 13.5. The van der Waals surface area contributed by atoms with Crippen molar-refractivity contribution in [2.24, 2.45) is 0 Å². The number of halogens is 2. The van der Waals surface area contributed by atoms with Gasteiger partial charge in [-0.1, -0.05) is 27.5 Å². The van der Waals surface area contributed by atoms with Crippen LogP contribution in [0.2, 0.25) is 5.02 Å². The van der Waals surface area contributed by atoms with Gasteiger partial charge in [-0.2, -0.15) is 0 Å². The second-order valence-corrected chi connectivity index (χ2v) is 6.59. The van der Waals surface area contributed by atoms with Crippen molar-refractivity contribution in [3.05, 3.63) is 33.3 Å². The van der Waals surface area contributed by atoms with Gasteiger partial charge in [0.2, 0.25) is 0 Å². The van der Waals surface area contributed by atoms with Crippen LogP contribution in [-0.4, -0.2) is 61.0 Å². The van der Waals surface area contributed by atoms with Gasteiger partial charge >= 0.3 is 0 Å². The summed E-state index contributed by atoms with van der Waals surface area (Å²) >= 11 is 9.52. The summed E-state index contributed by atoms with van der Waals surface area (Å²) in [6.45, 7) is 5.61. The largest absolute Gasteiger partial charge is 0.336 e. The number of hydrogen-bond donors (Lipinski definition) is 1. The summed E-state index contributed by atoms with van der Waals surface area (Å²) in [5, 5.41) is 3.80. The van der Waals surface area contributed by atoms with Crippen LogP contribution in [0.25, 0.3) is 0 Å². The van der Waals surface area contributed by atoms with Crippen molar-refractivity contribution in [3.8, 4) is 0 Å². The Morgan fingerprint density at radius 3 is 2.50 bits per heavy atom. The smallest absolute Gasteiger partial charge is 0.255 e. The number of benzene rings is 1. The number of carbonyl (C=O) groups is 1. The molecule has 6 heteroatoms. The first-order valence-electron chi connectivity index (χ1n) is 6.84. The molecule has 0 radical (unpaired) electrons. The Bertz CT molecular complexity index is 513. The Kier molecular flexibility index (Phi) is 4.31. The summed E-state index contributed by atoms with van der Waals surface area (Å²) in [4.78, 5) is 16.8. The molecule has 1 amide bonds. The van der Waals surface area contributed by atoms with Gasteiger partial charge in [0.1, 0.15) is 0 Å². The fourth-order valence-electron chi connectivity index (χ4n) is 2.66. The second kappa shape index (κ2) is 6.02. The van der Waals surface area contributed by atoms with E-state index >= 15 is 0 Å². The Labute approximate surface area is 132 Å². The fraction of sp³-hybridized carbons (Fsp3) is 0.500. The lowest BCUT2D eigenvalue weighted by molar-refractivity contribution is 0.0502. The average molecular weight is 359 g/mol. The quantitative estimate of drug-likeness (QED) is 0.876. The van der Waals surface area contributed by atoms with Gasteiger partial charge in [-0.3, -0.25) is 9.69 Å². The molecule has 0 saturated carbocycles. The van der Waals surface area contributed by atoms with Crippen LogP contribution in [0, 0.1) is 0 Å². The number of piperazine rings is 1. The lowest BCUT2D eigenvalue weighted by Crippen LogP contribution is -2.62. The van der Waals surface area contributed by atoms with Crippen molar-refractivity contribution in [1.82, 2.24) is 15.1 Å². The normalized spacial score (nSPS) is 20.8. The van der Waals surface area contributed by atoms with Crippen molar-refractivity contribution in [2.75, 3.05) is 39.3 Å². The van der Waals surface area contributed by atoms with Crippen molar-refractivity contribution in [1.29, 1.82) is 0 Å². The van der Waals surface area contributed by atoms with Gasteiger partial charge in [-0.05, 0) is 18.2 Å². The Morgan fingerprint density at radius 2 is 1.95 bits per heavy atom. The molecule has 4 nitrogen and oxygen atoms in total. The Morgan fingerprint density at radius 1 is 1.25 bits per heavy atom. The van der Waals surface area contributed by atoms with Crippen molar-refractivity contribution in [2.45, 2.75) is 6.04 Å². The molecule has 0 aromatic heterocycles. The van der Waals surface area contributed by atoms with Gasteiger partial charge in [0.15, 0.2) is 0 Å². The summed E-state index contributed by atoms with van der Waals surface area (Å²) < 4.78 is 0.890. The summed E-state index contributed by atoms with van der Waals surface area (Å²) in [5.41, 5.74) is 0.591. The summed E-state index contributed by atoms with van der Waals surface area (Å²) in [5.74, 6) is 0.0360. The number of amides is 1. The highest BCUT2D eigenvalue weighted by Gasteiger charge is 2.29. The third kappa shape index (κ3) is 2.86. The van der Waals surface area contributed by atoms with Crippen LogP contribution < -0.4 is 5.32 Å². The highest BCUT2D eigenvalue weighted by atomic mass is 79.9. The first-order valence-corrected chi connectivity index (χ1v) is 8.01. The minimum absolute atomic E-state index is 0.0360. The minimum atomic E-state index is 0.0360.